The molecule has 144 valence electrons. The zero-order chi connectivity index (χ0) is 19.9. The zero-order valence-electron chi connectivity index (χ0n) is 15.8. The van der Waals surface area contributed by atoms with Crippen molar-refractivity contribution in [3.05, 3.63) is 64.1 Å². The minimum atomic E-state index is -3.19. The number of nitrogens with one attached hydrogen (secondary N) is 1. The molecular weight excluding hydrogens is 392 g/mol. The van der Waals surface area contributed by atoms with E-state index in [1.165, 1.54) is 11.8 Å². The average molecular weight is 413 g/mol. The second-order valence-corrected chi connectivity index (χ2v) is 9.70. The number of hydrogen-bond acceptors (Lipinski definition) is 5. The SMILES string of the molecule is COc1ccc2[nH]c(C)c(Cc3nc(-c4ccc(S(C)(=O)=O)cc4)cs3)c2c1. The fourth-order valence-electron chi connectivity index (χ4n) is 3.27. The van der Waals surface area contributed by atoms with Gasteiger partial charge in [-0.1, -0.05) is 12.1 Å². The number of benzene rings is 2. The Kier molecular flexibility index (Phi) is 4.72. The van der Waals surface area contributed by atoms with Crippen molar-refractivity contribution in [2.45, 2.75) is 18.2 Å². The molecule has 2 aromatic carbocycles. The van der Waals surface area contributed by atoms with Crippen molar-refractivity contribution < 1.29 is 13.2 Å². The van der Waals surface area contributed by atoms with Crippen LogP contribution in [0.1, 0.15) is 16.3 Å². The maximum absolute atomic E-state index is 11.6. The number of nitrogens with zero attached hydrogens (tertiary/aromatic N) is 1. The summed E-state index contributed by atoms with van der Waals surface area (Å²) in [5, 5.41) is 4.16. The molecule has 4 rings (SSSR count). The molecule has 0 aliphatic rings. The average Bonchev–Trinajstić information content (AvgIpc) is 3.26. The molecule has 0 unspecified atom stereocenters. The quantitative estimate of drug-likeness (QED) is 0.520. The van der Waals surface area contributed by atoms with E-state index in [1.54, 1.807) is 42.7 Å². The van der Waals surface area contributed by atoms with Crippen LogP contribution in [-0.4, -0.2) is 31.8 Å². The molecule has 4 aromatic rings. The van der Waals surface area contributed by atoms with E-state index >= 15 is 0 Å². The molecule has 7 heteroatoms. The van der Waals surface area contributed by atoms with Crippen LogP contribution in [0.4, 0.5) is 0 Å². The number of hydrogen-bond donors (Lipinski definition) is 1. The monoisotopic (exact) mass is 412 g/mol. The summed E-state index contributed by atoms with van der Waals surface area (Å²) in [6.07, 6.45) is 1.94. The molecule has 5 nitrogen and oxygen atoms in total. The van der Waals surface area contributed by atoms with E-state index in [1.807, 2.05) is 23.6 Å². The molecule has 0 saturated heterocycles. The van der Waals surface area contributed by atoms with Gasteiger partial charge in [0.05, 0.1) is 22.7 Å². The summed E-state index contributed by atoms with van der Waals surface area (Å²) in [7, 11) is -1.52. The van der Waals surface area contributed by atoms with E-state index in [2.05, 4.69) is 11.9 Å². The second kappa shape index (κ2) is 7.07. The number of fused-ring (bicyclic) bond motifs is 1. The highest BCUT2D eigenvalue weighted by atomic mass is 32.2. The minimum Gasteiger partial charge on any atom is -0.497 e. The van der Waals surface area contributed by atoms with Crippen molar-refractivity contribution in [1.29, 1.82) is 0 Å². The van der Waals surface area contributed by atoms with E-state index < -0.39 is 9.84 Å². The summed E-state index contributed by atoms with van der Waals surface area (Å²) in [5.74, 6) is 0.832. The van der Waals surface area contributed by atoms with Gasteiger partial charge < -0.3 is 9.72 Å². The molecule has 0 aliphatic carbocycles. The minimum absolute atomic E-state index is 0.315. The molecule has 0 spiro atoms. The highest BCUT2D eigenvalue weighted by Crippen LogP contribution is 2.30. The number of aryl methyl sites for hydroxylation is 1. The summed E-state index contributed by atoms with van der Waals surface area (Å²) < 4.78 is 28.6. The third-order valence-corrected chi connectivity index (χ3v) is 6.76. The molecule has 0 fully saturated rings. The van der Waals surface area contributed by atoms with Gasteiger partial charge in [0.15, 0.2) is 9.84 Å². The first-order valence-corrected chi connectivity index (χ1v) is 11.5. The summed E-state index contributed by atoms with van der Waals surface area (Å²) >= 11 is 1.61. The topological polar surface area (TPSA) is 72.0 Å². The Labute approximate surface area is 167 Å². The highest BCUT2D eigenvalue weighted by Gasteiger charge is 2.13. The first-order chi connectivity index (χ1) is 13.3. The number of sulfone groups is 1. The molecular formula is C21H20N2O3S2. The van der Waals surface area contributed by atoms with Gasteiger partial charge in [-0.05, 0) is 42.8 Å². The zero-order valence-corrected chi connectivity index (χ0v) is 17.4. The molecule has 0 bridgehead atoms. The van der Waals surface area contributed by atoms with Crippen molar-refractivity contribution >= 4 is 32.1 Å². The van der Waals surface area contributed by atoms with Gasteiger partial charge in [-0.25, -0.2) is 13.4 Å². The Morgan fingerprint density at radius 1 is 1.14 bits per heavy atom. The van der Waals surface area contributed by atoms with Crippen molar-refractivity contribution in [2.75, 3.05) is 13.4 Å². The van der Waals surface area contributed by atoms with Crippen LogP contribution < -0.4 is 4.74 Å². The van der Waals surface area contributed by atoms with Crippen LogP contribution >= 0.6 is 11.3 Å². The Bertz CT molecular complexity index is 1250. The number of H-pyrrole nitrogens is 1. The van der Waals surface area contributed by atoms with E-state index in [4.69, 9.17) is 9.72 Å². The van der Waals surface area contributed by atoms with Gasteiger partial charge in [0.1, 0.15) is 5.75 Å². The maximum Gasteiger partial charge on any atom is 0.175 e. The number of thiazole rings is 1. The number of aromatic amines is 1. The van der Waals surface area contributed by atoms with Gasteiger partial charge in [0, 0.05) is 40.2 Å². The maximum atomic E-state index is 11.6. The number of ether oxygens (including phenoxy) is 1. The molecule has 0 radical (unpaired) electrons. The first kappa shape index (κ1) is 18.7. The lowest BCUT2D eigenvalue weighted by molar-refractivity contribution is 0.415. The van der Waals surface area contributed by atoms with E-state index in [0.29, 0.717) is 4.90 Å². The Balaban J connectivity index is 1.64. The summed E-state index contributed by atoms with van der Waals surface area (Å²) in [4.78, 5) is 8.50. The van der Waals surface area contributed by atoms with Crippen molar-refractivity contribution in [1.82, 2.24) is 9.97 Å². The number of methoxy groups -OCH3 is 1. The van der Waals surface area contributed by atoms with Gasteiger partial charge >= 0.3 is 0 Å². The van der Waals surface area contributed by atoms with Crippen LogP contribution in [0.3, 0.4) is 0 Å². The van der Waals surface area contributed by atoms with Crippen LogP contribution in [0.5, 0.6) is 5.75 Å². The van der Waals surface area contributed by atoms with Crippen molar-refractivity contribution in [3.8, 4) is 17.0 Å². The van der Waals surface area contributed by atoms with Gasteiger partial charge in [0.2, 0.25) is 0 Å². The van der Waals surface area contributed by atoms with E-state index in [0.717, 1.165) is 45.0 Å². The first-order valence-electron chi connectivity index (χ1n) is 8.75. The van der Waals surface area contributed by atoms with Crippen LogP contribution in [-0.2, 0) is 16.3 Å². The molecule has 1 N–H and O–H groups in total. The van der Waals surface area contributed by atoms with Gasteiger partial charge in [0.25, 0.3) is 0 Å². The molecule has 28 heavy (non-hydrogen) atoms. The molecule has 0 aliphatic heterocycles. The highest BCUT2D eigenvalue weighted by molar-refractivity contribution is 7.90. The smallest absolute Gasteiger partial charge is 0.175 e. The Morgan fingerprint density at radius 2 is 1.89 bits per heavy atom. The van der Waals surface area contributed by atoms with Crippen LogP contribution in [0.15, 0.2) is 52.7 Å². The molecule has 0 saturated carbocycles. The number of aromatic nitrogens is 2. The van der Waals surface area contributed by atoms with Gasteiger partial charge in [-0.15, -0.1) is 11.3 Å². The third kappa shape index (κ3) is 3.55. The summed E-state index contributed by atoms with van der Waals surface area (Å²) in [6, 6.07) is 12.9. The lowest BCUT2D eigenvalue weighted by Gasteiger charge is -2.02. The predicted octanol–water partition coefficient (Wildman–Crippen LogP) is 4.60. The normalized spacial score (nSPS) is 11.8. The van der Waals surface area contributed by atoms with Crippen LogP contribution in [0, 0.1) is 6.92 Å². The fourth-order valence-corrected chi connectivity index (χ4v) is 4.71. The van der Waals surface area contributed by atoms with Gasteiger partial charge in [-0.2, -0.15) is 0 Å². The second-order valence-electron chi connectivity index (χ2n) is 6.74. The summed E-state index contributed by atoms with van der Waals surface area (Å²) in [5.41, 5.74) is 5.18. The van der Waals surface area contributed by atoms with E-state index in [9.17, 15) is 8.42 Å². The summed E-state index contributed by atoms with van der Waals surface area (Å²) in [6.45, 7) is 2.07. The Hall–Kier alpha value is -2.64. The van der Waals surface area contributed by atoms with E-state index in [-0.39, 0.29) is 0 Å². The molecule has 0 amide bonds. The third-order valence-electron chi connectivity index (χ3n) is 4.78. The lowest BCUT2D eigenvalue weighted by atomic mass is 10.1. The fraction of sp³-hybridized carbons (Fsp3) is 0.190. The van der Waals surface area contributed by atoms with Crippen molar-refractivity contribution in [3.63, 3.8) is 0 Å². The molecule has 0 atom stereocenters. The standard InChI is InChI=1S/C21H20N2O3S2/c1-13-17(18-10-15(26-2)6-9-19(18)22-13)11-21-23-20(12-27-21)14-4-7-16(8-5-14)28(3,24)25/h4-10,12,22H,11H2,1-3H3. The molecule has 2 heterocycles. The predicted molar refractivity (Wildman–Crippen MR) is 113 cm³/mol. The lowest BCUT2D eigenvalue weighted by Crippen LogP contribution is -1.96. The number of rotatable bonds is 5. The Morgan fingerprint density at radius 3 is 2.57 bits per heavy atom. The molecule has 2 aromatic heterocycles. The van der Waals surface area contributed by atoms with Crippen molar-refractivity contribution in [2.24, 2.45) is 0 Å². The van der Waals surface area contributed by atoms with Crippen LogP contribution in [0.2, 0.25) is 0 Å². The van der Waals surface area contributed by atoms with Gasteiger partial charge in [-0.3, -0.25) is 0 Å². The van der Waals surface area contributed by atoms with Crippen LogP contribution in [0.25, 0.3) is 22.2 Å². The largest absolute Gasteiger partial charge is 0.497 e.